The van der Waals surface area contributed by atoms with Crippen molar-refractivity contribution in [2.45, 2.75) is 5.88 Å². The van der Waals surface area contributed by atoms with Gasteiger partial charge in [-0.1, -0.05) is 53.7 Å². The van der Waals surface area contributed by atoms with Crippen molar-refractivity contribution in [1.29, 1.82) is 0 Å². The van der Waals surface area contributed by atoms with Crippen LogP contribution in [0, 0.1) is 0 Å². The fourth-order valence-corrected chi connectivity index (χ4v) is 2.77. The molecular formula is C17H11ClN2O. The van der Waals surface area contributed by atoms with Gasteiger partial charge >= 0.3 is 0 Å². The van der Waals surface area contributed by atoms with E-state index in [1.54, 1.807) is 0 Å². The molecule has 0 saturated carbocycles. The lowest BCUT2D eigenvalue weighted by Crippen LogP contribution is -1.87. The molecule has 4 rings (SSSR count). The van der Waals surface area contributed by atoms with E-state index in [2.05, 4.69) is 40.5 Å². The summed E-state index contributed by atoms with van der Waals surface area (Å²) >= 11 is 5.77. The van der Waals surface area contributed by atoms with Gasteiger partial charge in [-0.25, -0.2) is 0 Å². The number of rotatable bonds is 2. The highest BCUT2D eigenvalue weighted by Gasteiger charge is 2.14. The van der Waals surface area contributed by atoms with E-state index in [1.165, 1.54) is 0 Å². The second kappa shape index (κ2) is 4.86. The van der Waals surface area contributed by atoms with Gasteiger partial charge in [0.05, 0.1) is 0 Å². The molecular weight excluding hydrogens is 284 g/mol. The Morgan fingerprint density at radius 2 is 1.52 bits per heavy atom. The molecule has 0 bridgehead atoms. The highest BCUT2D eigenvalue weighted by molar-refractivity contribution is 6.16. The fourth-order valence-electron chi connectivity index (χ4n) is 2.67. The van der Waals surface area contributed by atoms with Gasteiger partial charge in [0.25, 0.3) is 0 Å². The van der Waals surface area contributed by atoms with E-state index in [9.17, 15) is 0 Å². The molecule has 1 aromatic heterocycles. The summed E-state index contributed by atoms with van der Waals surface area (Å²) in [4.78, 5) is 4.39. The maximum atomic E-state index is 5.77. The van der Waals surface area contributed by atoms with Gasteiger partial charge in [0.2, 0.25) is 11.7 Å². The first-order valence-electron chi connectivity index (χ1n) is 6.66. The Bertz CT molecular complexity index is 892. The van der Waals surface area contributed by atoms with E-state index in [1.807, 2.05) is 24.3 Å². The summed E-state index contributed by atoms with van der Waals surface area (Å²) in [5.74, 6) is 1.23. The second-order valence-corrected chi connectivity index (χ2v) is 5.11. The minimum atomic E-state index is 0.218. The molecule has 102 valence electrons. The number of hydrogen-bond acceptors (Lipinski definition) is 3. The zero-order chi connectivity index (χ0) is 14.2. The quantitative estimate of drug-likeness (QED) is 0.394. The molecule has 0 aliphatic carbocycles. The molecule has 0 unspecified atom stereocenters. The molecule has 0 aliphatic rings. The van der Waals surface area contributed by atoms with Crippen molar-refractivity contribution in [3.8, 4) is 11.4 Å². The zero-order valence-electron chi connectivity index (χ0n) is 11.1. The predicted molar refractivity (Wildman–Crippen MR) is 84.3 cm³/mol. The summed E-state index contributed by atoms with van der Waals surface area (Å²) in [6.45, 7) is 0. The molecule has 0 radical (unpaired) electrons. The largest absolute Gasteiger partial charge is 0.338 e. The number of hydrogen-bond donors (Lipinski definition) is 0. The number of fused-ring (bicyclic) bond motifs is 2. The molecule has 0 atom stereocenters. The van der Waals surface area contributed by atoms with E-state index < -0.39 is 0 Å². The van der Waals surface area contributed by atoms with Crippen LogP contribution in [0.5, 0.6) is 0 Å². The van der Waals surface area contributed by atoms with Crippen LogP contribution in [0.25, 0.3) is 32.9 Å². The van der Waals surface area contributed by atoms with Crippen molar-refractivity contribution in [2.24, 2.45) is 0 Å². The first-order chi connectivity index (χ1) is 10.4. The molecule has 0 spiro atoms. The molecule has 0 aliphatic heterocycles. The maximum absolute atomic E-state index is 5.77. The molecule has 21 heavy (non-hydrogen) atoms. The van der Waals surface area contributed by atoms with Crippen LogP contribution in [0.15, 0.2) is 59.1 Å². The van der Waals surface area contributed by atoms with E-state index in [0.717, 1.165) is 27.1 Å². The SMILES string of the molecule is ClCc1nc(-c2c3ccccc3cc3ccccc23)no1. The van der Waals surface area contributed by atoms with Crippen molar-refractivity contribution in [3.05, 3.63) is 60.5 Å². The Morgan fingerprint density at radius 1 is 0.905 bits per heavy atom. The molecule has 0 amide bonds. The zero-order valence-corrected chi connectivity index (χ0v) is 11.8. The van der Waals surface area contributed by atoms with Crippen LogP contribution >= 0.6 is 11.6 Å². The lowest BCUT2D eigenvalue weighted by Gasteiger charge is -2.08. The molecule has 3 nitrogen and oxygen atoms in total. The summed E-state index contributed by atoms with van der Waals surface area (Å²) in [5.41, 5.74) is 0.990. The predicted octanol–water partition coefficient (Wildman–Crippen LogP) is 4.78. The van der Waals surface area contributed by atoms with Crippen molar-refractivity contribution < 1.29 is 4.52 Å². The van der Waals surface area contributed by atoms with Crippen LogP contribution in [0.4, 0.5) is 0 Å². The normalized spacial score (nSPS) is 11.3. The number of aromatic nitrogens is 2. The Balaban J connectivity index is 2.15. The van der Waals surface area contributed by atoms with Gasteiger partial charge in [-0.3, -0.25) is 0 Å². The Labute approximate surface area is 126 Å². The monoisotopic (exact) mass is 294 g/mol. The minimum Gasteiger partial charge on any atom is -0.338 e. The number of halogens is 1. The van der Waals surface area contributed by atoms with Crippen molar-refractivity contribution in [1.82, 2.24) is 10.1 Å². The smallest absolute Gasteiger partial charge is 0.241 e. The highest BCUT2D eigenvalue weighted by atomic mass is 35.5. The number of benzene rings is 3. The Morgan fingerprint density at radius 3 is 2.10 bits per heavy atom. The average Bonchev–Trinajstić information content (AvgIpc) is 3.01. The summed E-state index contributed by atoms with van der Waals surface area (Å²) in [6.07, 6.45) is 0. The lowest BCUT2D eigenvalue weighted by molar-refractivity contribution is 0.391. The summed E-state index contributed by atoms with van der Waals surface area (Å²) in [6, 6.07) is 18.6. The maximum Gasteiger partial charge on any atom is 0.241 e. The Hall–Kier alpha value is -2.39. The van der Waals surface area contributed by atoms with Crippen LogP contribution in [0.2, 0.25) is 0 Å². The summed E-state index contributed by atoms with van der Waals surface area (Å²) < 4.78 is 5.17. The first-order valence-corrected chi connectivity index (χ1v) is 7.19. The number of alkyl halides is 1. The molecule has 0 saturated heterocycles. The van der Waals surface area contributed by atoms with Gasteiger partial charge in [-0.15, -0.1) is 11.6 Å². The third-order valence-corrected chi connectivity index (χ3v) is 3.81. The third-order valence-electron chi connectivity index (χ3n) is 3.58. The first kappa shape index (κ1) is 12.4. The molecule has 0 N–H and O–H groups in total. The highest BCUT2D eigenvalue weighted by Crippen LogP contribution is 2.34. The van der Waals surface area contributed by atoms with E-state index >= 15 is 0 Å². The molecule has 1 heterocycles. The molecule has 4 heteroatoms. The van der Waals surface area contributed by atoms with E-state index in [0.29, 0.717) is 11.7 Å². The molecule has 4 aromatic rings. The van der Waals surface area contributed by atoms with Crippen LogP contribution in [0.3, 0.4) is 0 Å². The number of nitrogens with zero attached hydrogens (tertiary/aromatic N) is 2. The van der Waals surface area contributed by atoms with Gasteiger partial charge < -0.3 is 4.52 Å². The van der Waals surface area contributed by atoms with Crippen LogP contribution in [-0.4, -0.2) is 10.1 Å². The van der Waals surface area contributed by atoms with Crippen molar-refractivity contribution >= 4 is 33.1 Å². The fraction of sp³-hybridized carbons (Fsp3) is 0.0588. The lowest BCUT2D eigenvalue weighted by atomic mass is 9.96. The standard InChI is InChI=1S/C17H11ClN2O/c18-10-15-19-17(20-21-15)16-13-7-3-1-5-11(13)9-12-6-2-4-8-14(12)16/h1-9H,10H2. The van der Waals surface area contributed by atoms with Gasteiger partial charge in [-0.05, 0) is 27.6 Å². The van der Waals surface area contributed by atoms with Crippen LogP contribution in [-0.2, 0) is 5.88 Å². The van der Waals surface area contributed by atoms with Gasteiger partial charge in [0.1, 0.15) is 5.88 Å². The van der Waals surface area contributed by atoms with Gasteiger partial charge in [0.15, 0.2) is 0 Å². The van der Waals surface area contributed by atoms with Crippen molar-refractivity contribution in [3.63, 3.8) is 0 Å². The van der Waals surface area contributed by atoms with Crippen LogP contribution in [0.1, 0.15) is 5.89 Å². The average molecular weight is 295 g/mol. The Kier molecular flexibility index (Phi) is 2.86. The van der Waals surface area contributed by atoms with Gasteiger partial charge in [0, 0.05) is 5.56 Å². The van der Waals surface area contributed by atoms with E-state index in [4.69, 9.17) is 16.1 Å². The summed E-state index contributed by atoms with van der Waals surface area (Å²) in [5, 5.41) is 8.62. The molecule has 0 fully saturated rings. The van der Waals surface area contributed by atoms with Gasteiger partial charge in [-0.2, -0.15) is 4.98 Å². The van der Waals surface area contributed by atoms with Crippen molar-refractivity contribution in [2.75, 3.05) is 0 Å². The topological polar surface area (TPSA) is 38.9 Å². The van der Waals surface area contributed by atoms with E-state index in [-0.39, 0.29) is 5.88 Å². The molecule has 3 aromatic carbocycles. The van der Waals surface area contributed by atoms with Crippen LogP contribution < -0.4 is 0 Å². The second-order valence-electron chi connectivity index (χ2n) is 4.84. The minimum absolute atomic E-state index is 0.218. The third kappa shape index (κ3) is 1.98. The summed E-state index contributed by atoms with van der Waals surface area (Å²) in [7, 11) is 0.